The van der Waals surface area contributed by atoms with Crippen molar-refractivity contribution >= 4 is 6.09 Å². The molecule has 0 aliphatic carbocycles. The monoisotopic (exact) mass is 281 g/mol. The van der Waals surface area contributed by atoms with Crippen LogP contribution in [0.5, 0.6) is 11.5 Å². The van der Waals surface area contributed by atoms with Crippen LogP contribution in [0.4, 0.5) is 4.79 Å². The fraction of sp³-hybridized carbons (Fsp3) is 0.533. The molecule has 0 fully saturated rings. The predicted octanol–water partition coefficient (Wildman–Crippen LogP) is 2.81. The van der Waals surface area contributed by atoms with Gasteiger partial charge in [-0.3, -0.25) is 0 Å². The summed E-state index contributed by atoms with van der Waals surface area (Å²) in [5, 5.41) is 11.0. The van der Waals surface area contributed by atoms with Crippen molar-refractivity contribution in [3.8, 4) is 11.5 Å². The van der Waals surface area contributed by atoms with Crippen LogP contribution in [0, 0.1) is 0 Å². The molecule has 1 rings (SSSR count). The van der Waals surface area contributed by atoms with Crippen LogP contribution in [-0.4, -0.2) is 32.0 Å². The number of carbonyl (C=O) groups is 1. The van der Waals surface area contributed by atoms with Crippen molar-refractivity contribution in [2.24, 2.45) is 0 Å². The second-order valence-corrected chi connectivity index (χ2v) is 5.60. The van der Waals surface area contributed by atoms with Crippen LogP contribution >= 0.6 is 0 Å². The van der Waals surface area contributed by atoms with Gasteiger partial charge < -0.3 is 19.9 Å². The molecule has 0 saturated carbocycles. The molecule has 112 valence electrons. The molecule has 1 amide bonds. The van der Waals surface area contributed by atoms with Crippen LogP contribution in [0.3, 0.4) is 0 Å². The molecular formula is C15H23NO4. The van der Waals surface area contributed by atoms with Crippen molar-refractivity contribution in [3.05, 3.63) is 23.3 Å². The van der Waals surface area contributed by atoms with Gasteiger partial charge in [0.2, 0.25) is 0 Å². The highest BCUT2D eigenvalue weighted by molar-refractivity contribution is 5.64. The highest BCUT2D eigenvalue weighted by Crippen LogP contribution is 2.36. The predicted molar refractivity (Wildman–Crippen MR) is 78.0 cm³/mol. The number of ether oxygens (including phenoxy) is 2. The lowest BCUT2D eigenvalue weighted by Crippen LogP contribution is -2.24. The maximum Gasteiger partial charge on any atom is 0.404 e. The molecule has 0 atom stereocenters. The molecule has 0 aliphatic rings. The van der Waals surface area contributed by atoms with E-state index in [0.29, 0.717) is 24.5 Å². The van der Waals surface area contributed by atoms with Gasteiger partial charge in [0.1, 0.15) is 0 Å². The van der Waals surface area contributed by atoms with Gasteiger partial charge >= 0.3 is 6.09 Å². The van der Waals surface area contributed by atoms with E-state index in [2.05, 4.69) is 26.1 Å². The van der Waals surface area contributed by atoms with Gasteiger partial charge in [0.05, 0.1) is 14.2 Å². The average molecular weight is 281 g/mol. The quantitative estimate of drug-likeness (QED) is 0.871. The molecule has 20 heavy (non-hydrogen) atoms. The van der Waals surface area contributed by atoms with E-state index in [1.165, 1.54) is 0 Å². The standard InChI is InChI=1S/C15H23NO4/c1-15(2,3)11-9-13(20-5)12(19-4)8-10(11)6-7-16-14(17)18/h8-9,16H,6-7H2,1-5H3,(H,17,18). The van der Waals surface area contributed by atoms with Crippen LogP contribution in [0.15, 0.2) is 12.1 Å². The van der Waals surface area contributed by atoms with Crippen LogP contribution in [0.2, 0.25) is 0 Å². The average Bonchev–Trinajstić information content (AvgIpc) is 2.36. The first-order chi connectivity index (χ1) is 9.29. The topological polar surface area (TPSA) is 67.8 Å². The Bertz CT molecular complexity index is 477. The third kappa shape index (κ3) is 4.05. The third-order valence-electron chi connectivity index (χ3n) is 3.09. The van der Waals surface area contributed by atoms with E-state index in [9.17, 15) is 4.79 Å². The number of nitrogens with one attached hydrogen (secondary N) is 1. The number of benzene rings is 1. The zero-order valence-corrected chi connectivity index (χ0v) is 12.7. The third-order valence-corrected chi connectivity index (χ3v) is 3.09. The van der Waals surface area contributed by atoms with Crippen LogP contribution < -0.4 is 14.8 Å². The van der Waals surface area contributed by atoms with E-state index >= 15 is 0 Å². The lowest BCUT2D eigenvalue weighted by Gasteiger charge is -2.25. The van der Waals surface area contributed by atoms with Crippen LogP contribution in [-0.2, 0) is 11.8 Å². The fourth-order valence-electron chi connectivity index (χ4n) is 2.13. The Morgan fingerprint density at radius 1 is 1.20 bits per heavy atom. The van der Waals surface area contributed by atoms with Crippen molar-refractivity contribution < 1.29 is 19.4 Å². The molecule has 5 heteroatoms. The summed E-state index contributed by atoms with van der Waals surface area (Å²) in [5.41, 5.74) is 2.13. The summed E-state index contributed by atoms with van der Waals surface area (Å²) in [6.45, 7) is 6.71. The first kappa shape index (κ1) is 16.1. The Hall–Kier alpha value is -1.91. The normalized spacial score (nSPS) is 11.1. The first-order valence-corrected chi connectivity index (χ1v) is 6.51. The number of carboxylic acid groups (broad SMARTS) is 1. The second kappa shape index (κ2) is 6.50. The molecule has 0 radical (unpaired) electrons. The van der Waals surface area contributed by atoms with Crippen molar-refractivity contribution in [2.75, 3.05) is 20.8 Å². The number of rotatable bonds is 5. The molecular weight excluding hydrogens is 258 g/mol. The summed E-state index contributed by atoms with van der Waals surface area (Å²) >= 11 is 0. The van der Waals surface area contributed by atoms with Gasteiger partial charge in [-0.2, -0.15) is 0 Å². The molecule has 2 N–H and O–H groups in total. The van der Waals surface area contributed by atoms with E-state index in [-0.39, 0.29) is 5.41 Å². The number of methoxy groups -OCH3 is 2. The summed E-state index contributed by atoms with van der Waals surface area (Å²) in [6, 6.07) is 3.89. The SMILES string of the molecule is COc1cc(CCNC(=O)O)c(C(C)(C)C)cc1OC. The maximum atomic E-state index is 10.5. The zero-order chi connectivity index (χ0) is 15.3. The maximum absolute atomic E-state index is 10.5. The Balaban J connectivity index is 3.14. The van der Waals surface area contributed by atoms with E-state index in [1.807, 2.05) is 12.1 Å². The van der Waals surface area contributed by atoms with Gasteiger partial charge in [0.15, 0.2) is 11.5 Å². The number of hydrogen-bond donors (Lipinski definition) is 2. The zero-order valence-electron chi connectivity index (χ0n) is 12.7. The summed E-state index contributed by atoms with van der Waals surface area (Å²) in [7, 11) is 3.20. The van der Waals surface area contributed by atoms with E-state index in [1.54, 1.807) is 14.2 Å². The van der Waals surface area contributed by atoms with E-state index < -0.39 is 6.09 Å². The van der Waals surface area contributed by atoms with Gasteiger partial charge in [0, 0.05) is 6.54 Å². The number of hydrogen-bond acceptors (Lipinski definition) is 3. The second-order valence-electron chi connectivity index (χ2n) is 5.60. The summed E-state index contributed by atoms with van der Waals surface area (Å²) in [4.78, 5) is 10.5. The lowest BCUT2D eigenvalue weighted by atomic mass is 9.82. The van der Waals surface area contributed by atoms with Gasteiger partial charge in [-0.1, -0.05) is 20.8 Å². The minimum atomic E-state index is -1.01. The fourth-order valence-corrected chi connectivity index (χ4v) is 2.13. The van der Waals surface area contributed by atoms with Crippen LogP contribution in [0.25, 0.3) is 0 Å². The molecule has 0 saturated heterocycles. The summed E-state index contributed by atoms with van der Waals surface area (Å²) in [5.74, 6) is 1.35. The highest BCUT2D eigenvalue weighted by atomic mass is 16.5. The molecule has 0 heterocycles. The van der Waals surface area contributed by atoms with Crippen molar-refractivity contribution in [3.63, 3.8) is 0 Å². The van der Waals surface area contributed by atoms with Crippen molar-refractivity contribution in [1.29, 1.82) is 0 Å². The Morgan fingerprint density at radius 2 is 1.75 bits per heavy atom. The molecule has 1 aromatic carbocycles. The summed E-state index contributed by atoms with van der Waals surface area (Å²) < 4.78 is 10.6. The summed E-state index contributed by atoms with van der Waals surface area (Å²) in [6.07, 6.45) is -0.401. The van der Waals surface area contributed by atoms with Gasteiger partial charge in [-0.05, 0) is 35.1 Å². The van der Waals surface area contributed by atoms with E-state index in [0.717, 1.165) is 11.1 Å². The molecule has 0 unspecified atom stereocenters. The number of amides is 1. The van der Waals surface area contributed by atoms with Gasteiger partial charge in [0.25, 0.3) is 0 Å². The Morgan fingerprint density at radius 3 is 2.20 bits per heavy atom. The Labute approximate surface area is 119 Å². The molecule has 1 aromatic rings. The largest absolute Gasteiger partial charge is 0.493 e. The molecule has 0 spiro atoms. The van der Waals surface area contributed by atoms with Gasteiger partial charge in [-0.15, -0.1) is 0 Å². The minimum absolute atomic E-state index is 0.0574. The first-order valence-electron chi connectivity index (χ1n) is 6.51. The Kier molecular flexibility index (Phi) is 5.25. The molecule has 5 nitrogen and oxygen atoms in total. The highest BCUT2D eigenvalue weighted by Gasteiger charge is 2.21. The van der Waals surface area contributed by atoms with Crippen LogP contribution in [0.1, 0.15) is 31.9 Å². The smallest absolute Gasteiger partial charge is 0.404 e. The van der Waals surface area contributed by atoms with Gasteiger partial charge in [-0.25, -0.2) is 4.79 Å². The molecule has 0 bridgehead atoms. The van der Waals surface area contributed by atoms with Crippen molar-refractivity contribution in [1.82, 2.24) is 5.32 Å². The molecule has 0 aliphatic heterocycles. The molecule has 0 aromatic heterocycles. The van der Waals surface area contributed by atoms with E-state index in [4.69, 9.17) is 14.6 Å². The van der Waals surface area contributed by atoms with Crippen molar-refractivity contribution in [2.45, 2.75) is 32.6 Å². The minimum Gasteiger partial charge on any atom is -0.493 e. The lowest BCUT2D eigenvalue weighted by molar-refractivity contribution is 0.194.